The number of nitrogens with zero attached hydrogens (tertiary/aromatic N) is 2. The highest BCUT2D eigenvalue weighted by Crippen LogP contribution is 2.27. The lowest BCUT2D eigenvalue weighted by atomic mass is 10.1. The summed E-state index contributed by atoms with van der Waals surface area (Å²) in [4.78, 5) is 59.1. The van der Waals surface area contributed by atoms with Crippen molar-refractivity contribution in [1.29, 1.82) is 0 Å². The molecule has 28 heavy (non-hydrogen) atoms. The number of aromatic carboxylic acids is 1. The highest BCUT2D eigenvalue weighted by molar-refractivity contribution is 6.23. The normalized spacial score (nSPS) is 12.7. The van der Waals surface area contributed by atoms with Gasteiger partial charge < -0.3 is 10.4 Å². The summed E-state index contributed by atoms with van der Waals surface area (Å²) in [6.07, 6.45) is 0. The summed E-state index contributed by atoms with van der Waals surface area (Å²) >= 11 is 0. The minimum absolute atomic E-state index is 0.00541. The van der Waals surface area contributed by atoms with Gasteiger partial charge in [-0.1, -0.05) is 6.07 Å². The number of hydrogen-bond acceptors (Lipinski definition) is 6. The van der Waals surface area contributed by atoms with Crippen LogP contribution >= 0.6 is 0 Å². The van der Waals surface area contributed by atoms with Gasteiger partial charge in [0.05, 0.1) is 21.6 Å². The topological polar surface area (TPSA) is 147 Å². The molecule has 0 fully saturated rings. The van der Waals surface area contributed by atoms with Gasteiger partial charge in [0, 0.05) is 17.8 Å². The Morgan fingerprint density at radius 1 is 1.14 bits per heavy atom. The zero-order chi connectivity index (χ0) is 20.6. The molecule has 1 heterocycles. The lowest BCUT2D eigenvalue weighted by molar-refractivity contribution is -0.384. The largest absolute Gasteiger partial charge is 0.478 e. The van der Waals surface area contributed by atoms with Gasteiger partial charge in [-0.25, -0.2) is 4.79 Å². The first-order chi connectivity index (χ1) is 13.2. The van der Waals surface area contributed by atoms with E-state index in [0.29, 0.717) is 10.5 Å². The van der Waals surface area contributed by atoms with Crippen molar-refractivity contribution in [2.24, 2.45) is 0 Å². The molecule has 0 spiro atoms. The second-order valence-electron chi connectivity index (χ2n) is 6.01. The van der Waals surface area contributed by atoms with Crippen LogP contribution in [0.15, 0.2) is 36.4 Å². The van der Waals surface area contributed by atoms with Crippen LogP contribution < -0.4 is 5.32 Å². The van der Waals surface area contributed by atoms with Gasteiger partial charge in [-0.05, 0) is 30.7 Å². The number of carbonyl (C=O) groups is 4. The molecule has 10 heteroatoms. The fourth-order valence-electron chi connectivity index (χ4n) is 2.87. The minimum atomic E-state index is -1.16. The van der Waals surface area contributed by atoms with E-state index in [1.165, 1.54) is 31.2 Å². The molecule has 0 atom stereocenters. The van der Waals surface area contributed by atoms with Crippen LogP contribution in [0.5, 0.6) is 0 Å². The van der Waals surface area contributed by atoms with Crippen molar-refractivity contribution in [2.75, 3.05) is 11.9 Å². The molecule has 0 radical (unpaired) electrons. The highest BCUT2D eigenvalue weighted by Gasteiger charge is 2.37. The zero-order valence-corrected chi connectivity index (χ0v) is 14.5. The van der Waals surface area contributed by atoms with Crippen LogP contribution in [0.3, 0.4) is 0 Å². The first-order valence-electron chi connectivity index (χ1n) is 7.98. The summed E-state index contributed by atoms with van der Waals surface area (Å²) in [6, 6.07) is 7.59. The van der Waals surface area contributed by atoms with Crippen molar-refractivity contribution in [3.8, 4) is 0 Å². The number of hydrogen-bond donors (Lipinski definition) is 2. The van der Waals surface area contributed by atoms with E-state index >= 15 is 0 Å². The Morgan fingerprint density at radius 2 is 1.82 bits per heavy atom. The third kappa shape index (κ3) is 3.18. The second kappa shape index (κ2) is 6.91. The van der Waals surface area contributed by atoms with Crippen molar-refractivity contribution in [1.82, 2.24) is 4.90 Å². The molecule has 1 aliphatic rings. The van der Waals surface area contributed by atoms with Gasteiger partial charge in [-0.15, -0.1) is 0 Å². The molecular formula is C18H13N3O7. The molecule has 1 aliphatic heterocycles. The first-order valence-corrected chi connectivity index (χ1v) is 7.98. The maximum Gasteiger partial charge on any atom is 0.336 e. The number of non-ortho nitro benzene ring substituents is 1. The summed E-state index contributed by atoms with van der Waals surface area (Å²) in [5, 5.41) is 22.4. The summed E-state index contributed by atoms with van der Waals surface area (Å²) in [5.41, 5.74) is 0.0557. The van der Waals surface area contributed by atoms with E-state index in [2.05, 4.69) is 5.32 Å². The standard InChI is InChI=1S/C18H13N3O7/c1-9-11(18(25)26)3-2-4-14(9)19-15(22)8-20-16(23)12-6-5-10(21(27)28)7-13(12)17(20)24/h2-7H,8H2,1H3,(H,19,22)(H,25,26). The Kier molecular flexibility index (Phi) is 4.62. The lowest BCUT2D eigenvalue weighted by Crippen LogP contribution is -2.37. The number of rotatable bonds is 5. The molecule has 10 nitrogen and oxygen atoms in total. The van der Waals surface area contributed by atoms with Crippen LogP contribution in [0, 0.1) is 17.0 Å². The van der Waals surface area contributed by atoms with Gasteiger partial charge in [0.2, 0.25) is 5.91 Å². The van der Waals surface area contributed by atoms with Gasteiger partial charge in [0.15, 0.2) is 0 Å². The number of imide groups is 1. The van der Waals surface area contributed by atoms with E-state index in [9.17, 15) is 29.3 Å². The average molecular weight is 383 g/mol. The van der Waals surface area contributed by atoms with Crippen LogP contribution in [0.2, 0.25) is 0 Å². The Labute approximate surface area is 157 Å². The third-order valence-corrected chi connectivity index (χ3v) is 4.31. The summed E-state index contributed by atoms with van der Waals surface area (Å²) in [7, 11) is 0. The molecule has 0 aromatic heterocycles. The van der Waals surface area contributed by atoms with Gasteiger partial charge in [-0.2, -0.15) is 0 Å². The van der Waals surface area contributed by atoms with Crippen LogP contribution in [-0.4, -0.2) is 45.2 Å². The number of nitrogens with one attached hydrogen (secondary N) is 1. The third-order valence-electron chi connectivity index (χ3n) is 4.31. The predicted molar refractivity (Wildman–Crippen MR) is 95.2 cm³/mol. The van der Waals surface area contributed by atoms with Gasteiger partial charge in [0.25, 0.3) is 17.5 Å². The van der Waals surface area contributed by atoms with E-state index in [4.69, 9.17) is 5.11 Å². The SMILES string of the molecule is Cc1c(NC(=O)CN2C(=O)c3ccc([N+](=O)[O-])cc3C2=O)cccc1C(=O)O. The maximum absolute atomic E-state index is 12.4. The number of carboxylic acids is 1. The van der Waals surface area contributed by atoms with E-state index in [-0.39, 0.29) is 28.1 Å². The maximum atomic E-state index is 12.4. The lowest BCUT2D eigenvalue weighted by Gasteiger charge is -2.15. The number of anilines is 1. The number of nitro groups is 1. The number of carboxylic acid groups (broad SMARTS) is 1. The predicted octanol–water partition coefficient (Wildman–Crippen LogP) is 1.84. The van der Waals surface area contributed by atoms with Crippen molar-refractivity contribution in [3.63, 3.8) is 0 Å². The number of fused-ring (bicyclic) bond motifs is 1. The summed E-state index contributed by atoms with van der Waals surface area (Å²) < 4.78 is 0. The molecule has 3 rings (SSSR count). The fourth-order valence-corrected chi connectivity index (χ4v) is 2.87. The van der Waals surface area contributed by atoms with Gasteiger partial charge in [-0.3, -0.25) is 29.4 Å². The summed E-state index contributed by atoms with van der Waals surface area (Å²) in [5.74, 6) is -3.42. The Balaban J connectivity index is 1.79. The van der Waals surface area contributed by atoms with Crippen LogP contribution in [0.4, 0.5) is 11.4 Å². The van der Waals surface area contributed by atoms with Crippen molar-refractivity contribution in [2.45, 2.75) is 6.92 Å². The Bertz CT molecular complexity index is 1060. The molecular weight excluding hydrogens is 370 g/mol. The number of benzene rings is 2. The molecule has 2 N–H and O–H groups in total. The Morgan fingerprint density at radius 3 is 2.46 bits per heavy atom. The van der Waals surface area contributed by atoms with Crippen molar-refractivity contribution >= 4 is 35.1 Å². The van der Waals surface area contributed by atoms with Crippen LogP contribution in [0.25, 0.3) is 0 Å². The second-order valence-corrected chi connectivity index (χ2v) is 6.01. The quantitative estimate of drug-likeness (QED) is 0.455. The molecule has 2 aromatic carbocycles. The molecule has 3 amide bonds. The molecule has 142 valence electrons. The van der Waals surface area contributed by atoms with E-state index in [1.54, 1.807) is 0 Å². The van der Waals surface area contributed by atoms with E-state index < -0.39 is 35.2 Å². The molecule has 2 aromatic rings. The molecule has 0 saturated heterocycles. The number of carbonyl (C=O) groups excluding carboxylic acids is 3. The minimum Gasteiger partial charge on any atom is -0.478 e. The van der Waals surface area contributed by atoms with Crippen LogP contribution in [0.1, 0.15) is 36.6 Å². The average Bonchev–Trinajstić information content (AvgIpc) is 2.87. The number of nitro benzene ring substituents is 1. The van der Waals surface area contributed by atoms with Gasteiger partial charge >= 0.3 is 5.97 Å². The molecule has 0 unspecified atom stereocenters. The molecule has 0 bridgehead atoms. The number of amides is 3. The Hall–Kier alpha value is -4.08. The van der Waals surface area contributed by atoms with E-state index in [0.717, 1.165) is 12.1 Å². The molecule has 0 aliphatic carbocycles. The highest BCUT2D eigenvalue weighted by atomic mass is 16.6. The smallest absolute Gasteiger partial charge is 0.336 e. The zero-order valence-electron chi connectivity index (χ0n) is 14.5. The van der Waals surface area contributed by atoms with Crippen molar-refractivity contribution < 1.29 is 29.2 Å². The monoisotopic (exact) mass is 383 g/mol. The van der Waals surface area contributed by atoms with Gasteiger partial charge in [0.1, 0.15) is 6.54 Å². The first kappa shape index (κ1) is 18.7. The summed E-state index contributed by atoms with van der Waals surface area (Å²) in [6.45, 7) is 0.900. The van der Waals surface area contributed by atoms with Crippen LogP contribution in [-0.2, 0) is 4.79 Å². The molecule has 0 saturated carbocycles. The van der Waals surface area contributed by atoms with E-state index in [1.807, 2.05) is 0 Å². The van der Waals surface area contributed by atoms with Crippen molar-refractivity contribution in [3.05, 3.63) is 68.8 Å². The fraction of sp³-hybridized carbons (Fsp3) is 0.111.